The average Bonchev–Trinajstić information content (AvgIpc) is 3.37. The number of hydrogen-bond acceptors (Lipinski definition) is 7. The summed E-state index contributed by atoms with van der Waals surface area (Å²) in [5.74, 6) is -2.77. The molecule has 0 saturated carbocycles. The maximum Gasteiger partial charge on any atom is 0.326 e. The Morgan fingerprint density at radius 1 is 1.14 bits per heavy atom. The first-order valence-corrected chi connectivity index (χ1v) is 13.0. The van der Waals surface area contributed by atoms with Gasteiger partial charge >= 0.3 is 5.97 Å². The summed E-state index contributed by atoms with van der Waals surface area (Å²) in [6, 6.07) is 2.59. The van der Waals surface area contributed by atoms with Crippen molar-refractivity contribution in [3.63, 3.8) is 0 Å². The van der Waals surface area contributed by atoms with E-state index in [4.69, 9.17) is 11.5 Å². The van der Waals surface area contributed by atoms with Gasteiger partial charge in [0.2, 0.25) is 17.7 Å². The molecule has 5 unspecified atom stereocenters. The van der Waals surface area contributed by atoms with E-state index >= 15 is 0 Å². The first-order valence-electron chi connectivity index (χ1n) is 13.0. The monoisotopic (exact) mass is 519 g/mol. The van der Waals surface area contributed by atoms with Crippen molar-refractivity contribution in [3.05, 3.63) is 29.8 Å². The minimum Gasteiger partial charge on any atom is -0.508 e. The number of amides is 3. The summed E-state index contributed by atoms with van der Waals surface area (Å²) >= 11 is 0. The fraction of sp³-hybridized carbons (Fsp3) is 0.615. The van der Waals surface area contributed by atoms with Crippen LogP contribution in [0.5, 0.6) is 5.75 Å². The third kappa shape index (κ3) is 8.71. The molecule has 1 saturated heterocycles. The van der Waals surface area contributed by atoms with Gasteiger partial charge in [-0.05, 0) is 55.8 Å². The molecule has 0 aliphatic carbocycles. The number of nitrogens with zero attached hydrogens (tertiary/aromatic N) is 1. The Kier molecular flexibility index (Phi) is 11.8. The maximum absolute atomic E-state index is 13.7. The number of likely N-dealkylation sites (tertiary alicyclic amines) is 1. The van der Waals surface area contributed by atoms with Crippen LogP contribution in [0.15, 0.2) is 24.3 Å². The van der Waals surface area contributed by atoms with Crippen molar-refractivity contribution in [3.8, 4) is 5.75 Å². The van der Waals surface area contributed by atoms with E-state index in [1.165, 1.54) is 17.0 Å². The lowest BCUT2D eigenvalue weighted by molar-refractivity contribution is -0.146. The third-order valence-electron chi connectivity index (χ3n) is 6.91. The zero-order valence-electron chi connectivity index (χ0n) is 21.7. The zero-order valence-corrected chi connectivity index (χ0v) is 21.7. The van der Waals surface area contributed by atoms with Crippen LogP contribution in [-0.2, 0) is 25.6 Å². The predicted molar refractivity (Wildman–Crippen MR) is 138 cm³/mol. The molecule has 11 nitrogen and oxygen atoms in total. The van der Waals surface area contributed by atoms with Crippen molar-refractivity contribution in [2.75, 3.05) is 13.1 Å². The van der Waals surface area contributed by atoms with E-state index in [1.54, 1.807) is 19.1 Å². The molecule has 1 aliphatic rings. The number of phenolic OH excluding ortho intramolecular Hbond substituents is 1. The van der Waals surface area contributed by atoms with Crippen LogP contribution in [-0.4, -0.2) is 76.1 Å². The number of benzene rings is 1. The van der Waals surface area contributed by atoms with E-state index in [1.807, 2.05) is 6.92 Å². The second-order valence-electron chi connectivity index (χ2n) is 9.72. The molecule has 0 aromatic heterocycles. The van der Waals surface area contributed by atoms with Gasteiger partial charge in [-0.1, -0.05) is 38.8 Å². The van der Waals surface area contributed by atoms with Gasteiger partial charge in [-0.25, -0.2) is 4.79 Å². The number of nitrogens with two attached hydrogens (primary N) is 2. The highest BCUT2D eigenvalue weighted by molar-refractivity contribution is 5.94. The second kappa shape index (κ2) is 14.5. The summed E-state index contributed by atoms with van der Waals surface area (Å²) in [5.41, 5.74) is 12.3. The molecule has 2 rings (SSSR count). The molecule has 1 heterocycles. The standard InChI is InChI=1S/C26H41N5O6/c1-3-16(2)22(26(36)37)30-24(34)21-8-6-14-31(21)25(35)20(15-17-9-11-18(32)12-10-17)29-23(33)19(28)7-4-5-13-27/h9-12,16,19-22,32H,3-8,13-15,27-28H2,1-2H3,(H,29,33)(H,30,34)(H,36,37). The molecular weight excluding hydrogens is 478 g/mol. The lowest BCUT2D eigenvalue weighted by Crippen LogP contribution is -2.57. The Morgan fingerprint density at radius 2 is 1.81 bits per heavy atom. The van der Waals surface area contributed by atoms with Crippen LogP contribution in [0.25, 0.3) is 0 Å². The zero-order chi connectivity index (χ0) is 27.5. The summed E-state index contributed by atoms with van der Waals surface area (Å²) in [7, 11) is 0. The molecular formula is C26H41N5O6. The quantitative estimate of drug-likeness (QED) is 0.191. The summed E-state index contributed by atoms with van der Waals surface area (Å²) in [6.07, 6.45) is 3.50. The molecule has 0 radical (unpaired) electrons. The molecule has 1 aliphatic heterocycles. The Hall–Kier alpha value is -3.18. The molecule has 37 heavy (non-hydrogen) atoms. The molecule has 1 aromatic rings. The van der Waals surface area contributed by atoms with Crippen LogP contribution in [0.4, 0.5) is 0 Å². The second-order valence-corrected chi connectivity index (χ2v) is 9.72. The normalized spacial score (nSPS) is 18.5. The molecule has 1 fully saturated rings. The first-order chi connectivity index (χ1) is 17.6. The van der Waals surface area contributed by atoms with Gasteiger partial charge in [-0.3, -0.25) is 14.4 Å². The van der Waals surface area contributed by atoms with Crippen LogP contribution >= 0.6 is 0 Å². The molecule has 8 N–H and O–H groups in total. The number of nitrogens with one attached hydrogen (secondary N) is 2. The van der Waals surface area contributed by atoms with Crippen molar-refractivity contribution < 1.29 is 29.4 Å². The van der Waals surface area contributed by atoms with Crippen LogP contribution in [0.3, 0.4) is 0 Å². The topological polar surface area (TPSA) is 188 Å². The third-order valence-corrected chi connectivity index (χ3v) is 6.91. The highest BCUT2D eigenvalue weighted by Crippen LogP contribution is 2.21. The van der Waals surface area contributed by atoms with Gasteiger partial charge in [0, 0.05) is 13.0 Å². The van der Waals surface area contributed by atoms with Gasteiger partial charge in [0.05, 0.1) is 6.04 Å². The molecule has 206 valence electrons. The number of hydrogen-bond donors (Lipinski definition) is 6. The average molecular weight is 520 g/mol. The minimum atomic E-state index is -1.13. The minimum absolute atomic E-state index is 0.0724. The molecule has 5 atom stereocenters. The van der Waals surface area contributed by atoms with Gasteiger partial charge in [-0.2, -0.15) is 0 Å². The van der Waals surface area contributed by atoms with Crippen LogP contribution in [0.1, 0.15) is 57.9 Å². The van der Waals surface area contributed by atoms with E-state index in [0.717, 1.165) is 6.42 Å². The number of aliphatic carboxylic acids is 1. The van der Waals surface area contributed by atoms with Crippen LogP contribution in [0, 0.1) is 5.92 Å². The number of carbonyl (C=O) groups is 4. The van der Waals surface area contributed by atoms with E-state index in [-0.39, 0.29) is 18.1 Å². The van der Waals surface area contributed by atoms with Gasteiger partial charge in [0.1, 0.15) is 23.9 Å². The Labute approximate surface area is 217 Å². The summed E-state index contributed by atoms with van der Waals surface area (Å²) in [4.78, 5) is 52.7. The first kappa shape index (κ1) is 30.0. The van der Waals surface area contributed by atoms with Crippen molar-refractivity contribution in [2.45, 2.75) is 83.0 Å². The summed E-state index contributed by atoms with van der Waals surface area (Å²) in [5, 5.41) is 24.5. The predicted octanol–water partition coefficient (Wildman–Crippen LogP) is 0.482. The lowest BCUT2D eigenvalue weighted by Gasteiger charge is -2.30. The highest BCUT2D eigenvalue weighted by atomic mass is 16.4. The van der Waals surface area contributed by atoms with Gasteiger partial charge in [0.15, 0.2) is 0 Å². The number of carbonyl (C=O) groups excluding carboxylic acids is 3. The van der Waals surface area contributed by atoms with Crippen molar-refractivity contribution >= 4 is 23.7 Å². The van der Waals surface area contributed by atoms with Crippen LogP contribution < -0.4 is 22.1 Å². The number of rotatable bonds is 14. The van der Waals surface area contributed by atoms with Gasteiger partial charge < -0.3 is 37.2 Å². The fourth-order valence-corrected chi connectivity index (χ4v) is 4.42. The number of carboxylic acid groups (broad SMARTS) is 1. The van der Waals surface area contributed by atoms with E-state index < -0.39 is 47.9 Å². The number of unbranched alkanes of at least 4 members (excludes halogenated alkanes) is 1. The lowest BCUT2D eigenvalue weighted by atomic mass is 9.98. The molecule has 11 heteroatoms. The van der Waals surface area contributed by atoms with Crippen molar-refractivity contribution in [1.82, 2.24) is 15.5 Å². The Morgan fingerprint density at radius 3 is 2.41 bits per heavy atom. The van der Waals surface area contributed by atoms with Crippen molar-refractivity contribution in [1.29, 1.82) is 0 Å². The molecule has 0 bridgehead atoms. The smallest absolute Gasteiger partial charge is 0.326 e. The highest BCUT2D eigenvalue weighted by Gasteiger charge is 2.39. The summed E-state index contributed by atoms with van der Waals surface area (Å²) in [6.45, 7) is 4.39. The Bertz CT molecular complexity index is 925. The van der Waals surface area contributed by atoms with E-state index in [2.05, 4.69) is 10.6 Å². The largest absolute Gasteiger partial charge is 0.508 e. The SMILES string of the molecule is CCC(C)C(NC(=O)C1CCCN1C(=O)C(Cc1ccc(O)cc1)NC(=O)C(N)CCCCN)C(=O)O. The van der Waals surface area contributed by atoms with E-state index in [9.17, 15) is 29.4 Å². The summed E-state index contributed by atoms with van der Waals surface area (Å²) < 4.78 is 0. The Balaban J connectivity index is 2.21. The number of carboxylic acids is 1. The van der Waals surface area contributed by atoms with Gasteiger partial charge in [-0.15, -0.1) is 0 Å². The van der Waals surface area contributed by atoms with Gasteiger partial charge in [0.25, 0.3) is 0 Å². The molecule has 1 aromatic carbocycles. The molecule has 3 amide bonds. The fourth-order valence-electron chi connectivity index (χ4n) is 4.42. The van der Waals surface area contributed by atoms with Crippen LogP contribution in [0.2, 0.25) is 0 Å². The maximum atomic E-state index is 13.7. The number of aromatic hydroxyl groups is 1. The number of phenols is 1. The molecule has 0 spiro atoms. The van der Waals surface area contributed by atoms with E-state index in [0.29, 0.717) is 50.8 Å². The van der Waals surface area contributed by atoms with Crippen molar-refractivity contribution in [2.24, 2.45) is 17.4 Å².